The Morgan fingerprint density at radius 2 is 1.74 bits per heavy atom. The normalized spacial score (nSPS) is 21.5. The van der Waals surface area contributed by atoms with Gasteiger partial charge in [0.25, 0.3) is 0 Å². The second kappa shape index (κ2) is 10.4. The van der Waals surface area contributed by atoms with Crippen LogP contribution < -0.4 is 5.32 Å². The summed E-state index contributed by atoms with van der Waals surface area (Å²) in [5.74, 6) is -0.125. The Bertz CT molecular complexity index is 783. The lowest BCUT2D eigenvalue weighted by molar-refractivity contribution is -0.133. The smallest absolute Gasteiger partial charge is 0.243 e. The van der Waals surface area contributed by atoms with Crippen molar-refractivity contribution in [2.75, 3.05) is 39.4 Å². The van der Waals surface area contributed by atoms with Gasteiger partial charge in [0.2, 0.25) is 11.8 Å². The highest BCUT2D eigenvalue weighted by Crippen LogP contribution is 2.33. The predicted octanol–water partition coefficient (Wildman–Crippen LogP) is 2.55. The lowest BCUT2D eigenvalue weighted by Crippen LogP contribution is -2.59. The highest BCUT2D eigenvalue weighted by Gasteiger charge is 2.38. The molecule has 7 nitrogen and oxygen atoms in total. The summed E-state index contributed by atoms with van der Waals surface area (Å²) < 4.78 is 5.53. The quantitative estimate of drug-likeness (QED) is 0.727. The summed E-state index contributed by atoms with van der Waals surface area (Å²) in [6.07, 6.45) is 7.10. The molecule has 31 heavy (non-hydrogen) atoms. The molecule has 0 spiro atoms. The standard InChI is InChI=1S/C24H34N4O3/c29-22(25-19-24(12-5-2-6-13-24)27-15-17-31-18-16-27)9-10-23(30)28-14-11-21(26-28)20-7-3-1-4-8-20/h1,3-4,7-8H,2,5-6,9-19H2,(H,25,29). The molecule has 0 unspecified atom stereocenters. The Balaban J connectivity index is 1.26. The number of hydrazone groups is 1. The Hall–Kier alpha value is -2.25. The van der Waals surface area contributed by atoms with Crippen molar-refractivity contribution in [2.24, 2.45) is 5.10 Å². The molecule has 0 atom stereocenters. The average Bonchev–Trinajstić information content (AvgIpc) is 3.33. The van der Waals surface area contributed by atoms with Crippen LogP contribution in [0, 0.1) is 0 Å². The number of hydrogen-bond donors (Lipinski definition) is 1. The number of ether oxygens (including phenoxy) is 1. The fourth-order valence-corrected chi connectivity index (χ4v) is 5.02. The maximum Gasteiger partial charge on any atom is 0.243 e. The third-order valence-corrected chi connectivity index (χ3v) is 6.84. The van der Waals surface area contributed by atoms with E-state index in [0.29, 0.717) is 13.1 Å². The Morgan fingerprint density at radius 1 is 1.00 bits per heavy atom. The van der Waals surface area contributed by atoms with Crippen molar-refractivity contribution in [3.63, 3.8) is 0 Å². The van der Waals surface area contributed by atoms with Crippen LogP contribution in [-0.4, -0.2) is 72.4 Å². The number of rotatable bonds is 7. The molecular formula is C24H34N4O3. The van der Waals surface area contributed by atoms with E-state index in [-0.39, 0.29) is 30.2 Å². The van der Waals surface area contributed by atoms with E-state index in [9.17, 15) is 9.59 Å². The summed E-state index contributed by atoms with van der Waals surface area (Å²) in [5.41, 5.74) is 2.03. The second-order valence-electron chi connectivity index (χ2n) is 8.84. The highest BCUT2D eigenvalue weighted by molar-refractivity contribution is 6.02. The first-order valence-corrected chi connectivity index (χ1v) is 11.7. The molecule has 1 aliphatic carbocycles. The number of nitrogens with one attached hydrogen (secondary N) is 1. The van der Waals surface area contributed by atoms with Crippen molar-refractivity contribution in [3.05, 3.63) is 35.9 Å². The molecule has 1 aromatic carbocycles. The molecule has 1 aromatic rings. The SMILES string of the molecule is O=C(CCC(=O)N1CCC(c2ccccc2)=N1)NCC1(N2CCOCC2)CCCCC1. The topological polar surface area (TPSA) is 74.2 Å². The maximum absolute atomic E-state index is 12.6. The molecular weight excluding hydrogens is 392 g/mol. The molecule has 3 aliphatic rings. The number of carbonyl (C=O) groups excluding carboxylic acids is 2. The fourth-order valence-electron chi connectivity index (χ4n) is 5.02. The van der Waals surface area contributed by atoms with Gasteiger partial charge in [0.15, 0.2) is 0 Å². The summed E-state index contributed by atoms with van der Waals surface area (Å²) in [7, 11) is 0. The van der Waals surface area contributed by atoms with Gasteiger partial charge >= 0.3 is 0 Å². The van der Waals surface area contributed by atoms with Crippen molar-refractivity contribution in [3.8, 4) is 0 Å². The van der Waals surface area contributed by atoms with Crippen molar-refractivity contribution in [1.29, 1.82) is 0 Å². The summed E-state index contributed by atoms with van der Waals surface area (Å²) >= 11 is 0. The van der Waals surface area contributed by atoms with Crippen LogP contribution >= 0.6 is 0 Å². The van der Waals surface area contributed by atoms with Crippen molar-refractivity contribution < 1.29 is 14.3 Å². The van der Waals surface area contributed by atoms with Gasteiger partial charge in [-0.25, -0.2) is 5.01 Å². The fraction of sp³-hybridized carbons (Fsp3) is 0.625. The minimum atomic E-state index is -0.0818. The zero-order valence-electron chi connectivity index (χ0n) is 18.4. The van der Waals surface area contributed by atoms with E-state index in [0.717, 1.165) is 56.8 Å². The number of hydrogen-bond acceptors (Lipinski definition) is 5. The van der Waals surface area contributed by atoms with Gasteiger partial charge in [0, 0.05) is 44.4 Å². The largest absolute Gasteiger partial charge is 0.379 e. The van der Waals surface area contributed by atoms with Crippen LogP contribution in [0.3, 0.4) is 0 Å². The first-order chi connectivity index (χ1) is 15.2. The average molecular weight is 427 g/mol. The van der Waals surface area contributed by atoms with Crippen LogP contribution in [0.15, 0.2) is 35.4 Å². The molecule has 0 bridgehead atoms. The van der Waals surface area contributed by atoms with Gasteiger partial charge in [-0.15, -0.1) is 0 Å². The lowest BCUT2D eigenvalue weighted by Gasteiger charge is -2.48. The van der Waals surface area contributed by atoms with Crippen molar-refractivity contribution >= 4 is 17.5 Å². The molecule has 168 valence electrons. The number of carbonyl (C=O) groups is 2. The molecule has 1 saturated heterocycles. The zero-order valence-corrected chi connectivity index (χ0v) is 18.4. The first-order valence-electron chi connectivity index (χ1n) is 11.7. The van der Waals surface area contributed by atoms with E-state index in [1.54, 1.807) is 0 Å². The molecule has 1 saturated carbocycles. The van der Waals surface area contributed by atoms with Crippen LogP contribution in [0.25, 0.3) is 0 Å². The summed E-state index contributed by atoms with van der Waals surface area (Å²) in [4.78, 5) is 27.6. The zero-order chi connectivity index (χ0) is 21.5. The van der Waals surface area contributed by atoms with E-state index in [4.69, 9.17) is 4.74 Å². The van der Waals surface area contributed by atoms with Gasteiger partial charge < -0.3 is 10.1 Å². The number of amides is 2. The van der Waals surface area contributed by atoms with E-state index in [1.807, 2.05) is 30.3 Å². The maximum atomic E-state index is 12.6. The van der Waals surface area contributed by atoms with Crippen LogP contribution in [-0.2, 0) is 14.3 Å². The molecule has 4 rings (SSSR count). The van der Waals surface area contributed by atoms with Gasteiger partial charge in [0.1, 0.15) is 0 Å². The van der Waals surface area contributed by atoms with Gasteiger partial charge in [-0.2, -0.15) is 5.10 Å². The molecule has 2 amide bonds. The van der Waals surface area contributed by atoms with Crippen LogP contribution in [0.5, 0.6) is 0 Å². The van der Waals surface area contributed by atoms with E-state index < -0.39 is 0 Å². The molecule has 0 radical (unpaired) electrons. The Kier molecular flexibility index (Phi) is 7.35. The Morgan fingerprint density at radius 3 is 2.48 bits per heavy atom. The number of benzene rings is 1. The lowest BCUT2D eigenvalue weighted by atomic mass is 9.79. The molecule has 2 aliphatic heterocycles. The number of nitrogens with zero attached hydrogens (tertiary/aromatic N) is 3. The van der Waals surface area contributed by atoms with Gasteiger partial charge in [-0.05, 0) is 18.4 Å². The van der Waals surface area contributed by atoms with E-state index in [2.05, 4.69) is 15.3 Å². The van der Waals surface area contributed by atoms with Gasteiger partial charge in [-0.1, -0.05) is 49.6 Å². The molecule has 7 heteroatoms. The molecule has 2 heterocycles. The van der Waals surface area contributed by atoms with Crippen molar-refractivity contribution in [2.45, 2.75) is 56.9 Å². The molecule has 1 N–H and O–H groups in total. The molecule has 2 fully saturated rings. The predicted molar refractivity (Wildman–Crippen MR) is 120 cm³/mol. The summed E-state index contributed by atoms with van der Waals surface area (Å²) in [5, 5.41) is 9.14. The van der Waals surface area contributed by atoms with E-state index >= 15 is 0 Å². The van der Waals surface area contributed by atoms with Crippen LogP contribution in [0.4, 0.5) is 0 Å². The second-order valence-corrected chi connectivity index (χ2v) is 8.84. The first kappa shape index (κ1) is 22.0. The van der Waals surface area contributed by atoms with Crippen LogP contribution in [0.2, 0.25) is 0 Å². The monoisotopic (exact) mass is 426 g/mol. The van der Waals surface area contributed by atoms with E-state index in [1.165, 1.54) is 24.3 Å². The third kappa shape index (κ3) is 5.52. The highest BCUT2D eigenvalue weighted by atomic mass is 16.5. The third-order valence-electron chi connectivity index (χ3n) is 6.84. The van der Waals surface area contributed by atoms with Crippen molar-refractivity contribution in [1.82, 2.24) is 15.2 Å². The summed E-state index contributed by atoms with van der Waals surface area (Å²) in [6.45, 7) is 4.66. The minimum Gasteiger partial charge on any atom is -0.379 e. The van der Waals surface area contributed by atoms with Gasteiger partial charge in [-0.3, -0.25) is 14.5 Å². The molecule has 0 aromatic heterocycles. The Labute approximate surface area is 184 Å². The van der Waals surface area contributed by atoms with Gasteiger partial charge in [0.05, 0.1) is 25.5 Å². The minimum absolute atomic E-state index is 0.0435. The summed E-state index contributed by atoms with van der Waals surface area (Å²) in [6, 6.07) is 9.94. The number of morpholine rings is 1. The van der Waals surface area contributed by atoms with Crippen LogP contribution in [0.1, 0.15) is 56.9 Å².